The minimum atomic E-state index is 0.316. The van der Waals surface area contributed by atoms with Crippen molar-refractivity contribution in [3.8, 4) is 11.5 Å². The van der Waals surface area contributed by atoms with E-state index in [1.807, 2.05) is 44.2 Å². The van der Waals surface area contributed by atoms with Crippen LogP contribution in [0.15, 0.2) is 41.5 Å². The molecule has 0 aliphatic carbocycles. The van der Waals surface area contributed by atoms with E-state index in [0.717, 1.165) is 46.1 Å². The molecular weight excluding hydrogens is 392 g/mol. The Kier molecular flexibility index (Phi) is 6.26. The van der Waals surface area contributed by atoms with Crippen LogP contribution in [-0.4, -0.2) is 39.6 Å². The standard InChI is InChI=1S/C23H26N6O2/c1-4-6-11-31-19-10-8-16(13-20(19)30-5-2)14-24-28-23-26-22-21(27-29-23)17-12-15(3)7-9-18(17)25-22/h7-10,12-14H,4-6,11H2,1-3H3,(H2,25,26,28,29)/b24-14+. The molecule has 8 heteroatoms. The number of fused-ring (bicyclic) bond motifs is 3. The molecule has 2 heterocycles. The van der Waals surface area contributed by atoms with E-state index in [1.54, 1.807) is 6.21 Å². The first-order valence-electron chi connectivity index (χ1n) is 10.5. The van der Waals surface area contributed by atoms with Gasteiger partial charge >= 0.3 is 0 Å². The summed E-state index contributed by atoms with van der Waals surface area (Å²) in [7, 11) is 0. The molecule has 160 valence electrons. The monoisotopic (exact) mass is 418 g/mol. The van der Waals surface area contributed by atoms with Crippen molar-refractivity contribution < 1.29 is 9.47 Å². The summed E-state index contributed by atoms with van der Waals surface area (Å²) in [5.41, 5.74) is 7.26. The van der Waals surface area contributed by atoms with Crippen molar-refractivity contribution in [2.75, 3.05) is 18.6 Å². The zero-order valence-corrected chi connectivity index (χ0v) is 18.0. The molecule has 0 bridgehead atoms. The molecule has 2 N–H and O–H groups in total. The van der Waals surface area contributed by atoms with E-state index in [0.29, 0.717) is 30.6 Å². The Hall–Kier alpha value is -3.68. The van der Waals surface area contributed by atoms with Crippen LogP contribution < -0.4 is 14.9 Å². The third-order valence-electron chi connectivity index (χ3n) is 4.77. The normalized spacial score (nSPS) is 11.5. The van der Waals surface area contributed by atoms with Crippen molar-refractivity contribution in [2.24, 2.45) is 5.10 Å². The number of nitrogens with one attached hydrogen (secondary N) is 2. The molecule has 0 atom stereocenters. The highest BCUT2D eigenvalue weighted by atomic mass is 16.5. The molecule has 2 aromatic heterocycles. The van der Waals surface area contributed by atoms with E-state index in [-0.39, 0.29) is 0 Å². The molecule has 0 saturated carbocycles. The van der Waals surface area contributed by atoms with E-state index in [4.69, 9.17) is 9.47 Å². The third kappa shape index (κ3) is 4.74. The number of hydrogen-bond donors (Lipinski definition) is 2. The third-order valence-corrected chi connectivity index (χ3v) is 4.77. The average molecular weight is 419 g/mol. The van der Waals surface area contributed by atoms with Crippen LogP contribution in [-0.2, 0) is 0 Å². The van der Waals surface area contributed by atoms with Crippen LogP contribution in [0.4, 0.5) is 5.95 Å². The Morgan fingerprint density at radius 3 is 2.81 bits per heavy atom. The first-order chi connectivity index (χ1) is 15.2. The summed E-state index contributed by atoms with van der Waals surface area (Å²) >= 11 is 0. The molecule has 0 spiro atoms. The Bertz CT molecular complexity index is 1220. The molecule has 8 nitrogen and oxygen atoms in total. The summed E-state index contributed by atoms with van der Waals surface area (Å²) in [6.07, 6.45) is 3.77. The van der Waals surface area contributed by atoms with Gasteiger partial charge in [0, 0.05) is 10.9 Å². The lowest BCUT2D eigenvalue weighted by Gasteiger charge is -2.12. The number of benzene rings is 2. The van der Waals surface area contributed by atoms with Gasteiger partial charge in [-0.05, 0) is 56.2 Å². The summed E-state index contributed by atoms with van der Waals surface area (Å²) in [6.45, 7) is 7.36. The van der Waals surface area contributed by atoms with E-state index in [2.05, 4.69) is 43.7 Å². The van der Waals surface area contributed by atoms with Crippen molar-refractivity contribution in [2.45, 2.75) is 33.6 Å². The van der Waals surface area contributed by atoms with E-state index in [9.17, 15) is 0 Å². The van der Waals surface area contributed by atoms with Crippen LogP contribution in [0.1, 0.15) is 37.8 Å². The molecule has 0 saturated heterocycles. The van der Waals surface area contributed by atoms with E-state index >= 15 is 0 Å². The Morgan fingerprint density at radius 2 is 1.97 bits per heavy atom. The van der Waals surface area contributed by atoms with Crippen LogP contribution in [0.2, 0.25) is 0 Å². The summed E-state index contributed by atoms with van der Waals surface area (Å²) in [5, 5.41) is 13.7. The van der Waals surface area contributed by atoms with Gasteiger partial charge in [0.2, 0.25) is 0 Å². The number of anilines is 1. The predicted octanol–water partition coefficient (Wildman–Crippen LogP) is 4.84. The van der Waals surface area contributed by atoms with Gasteiger partial charge in [0.25, 0.3) is 5.95 Å². The topological polar surface area (TPSA) is 97.3 Å². The molecule has 31 heavy (non-hydrogen) atoms. The van der Waals surface area contributed by atoms with Crippen molar-refractivity contribution in [3.63, 3.8) is 0 Å². The molecule has 4 aromatic rings. The molecule has 0 fully saturated rings. The van der Waals surface area contributed by atoms with Crippen LogP contribution in [0.3, 0.4) is 0 Å². The second kappa shape index (κ2) is 9.42. The van der Waals surface area contributed by atoms with Crippen molar-refractivity contribution in [1.82, 2.24) is 20.2 Å². The van der Waals surface area contributed by atoms with Gasteiger partial charge in [-0.25, -0.2) is 5.43 Å². The van der Waals surface area contributed by atoms with E-state index < -0.39 is 0 Å². The number of H-pyrrole nitrogens is 1. The quantitative estimate of drug-likeness (QED) is 0.229. The summed E-state index contributed by atoms with van der Waals surface area (Å²) in [5.74, 6) is 1.76. The van der Waals surface area contributed by atoms with Gasteiger partial charge in [0.15, 0.2) is 17.1 Å². The van der Waals surface area contributed by atoms with E-state index in [1.165, 1.54) is 0 Å². The molecule has 4 rings (SSSR count). The summed E-state index contributed by atoms with van der Waals surface area (Å²) < 4.78 is 11.5. The second-order valence-electron chi connectivity index (χ2n) is 7.22. The molecule has 0 aliphatic heterocycles. The summed E-state index contributed by atoms with van der Waals surface area (Å²) in [6, 6.07) is 11.9. The fraction of sp³-hybridized carbons (Fsp3) is 0.304. The molecule has 0 radical (unpaired) electrons. The number of rotatable bonds is 9. The smallest absolute Gasteiger partial charge is 0.265 e. The first kappa shape index (κ1) is 20.6. The predicted molar refractivity (Wildman–Crippen MR) is 123 cm³/mol. The lowest BCUT2D eigenvalue weighted by Crippen LogP contribution is -2.02. The lowest BCUT2D eigenvalue weighted by atomic mass is 10.2. The number of aromatic nitrogens is 4. The molecule has 0 unspecified atom stereocenters. The number of aryl methyl sites for hydroxylation is 1. The van der Waals surface area contributed by atoms with Gasteiger partial charge in [-0.2, -0.15) is 10.1 Å². The maximum absolute atomic E-state index is 5.82. The molecule has 0 aliphatic rings. The molecular formula is C23H26N6O2. The maximum atomic E-state index is 5.82. The van der Waals surface area contributed by atoms with Gasteiger partial charge in [0.05, 0.1) is 19.4 Å². The number of unbranched alkanes of at least 4 members (excludes halogenated alkanes) is 1. The van der Waals surface area contributed by atoms with Crippen LogP contribution >= 0.6 is 0 Å². The minimum absolute atomic E-state index is 0.316. The Balaban J connectivity index is 1.49. The van der Waals surface area contributed by atoms with Gasteiger partial charge in [-0.1, -0.05) is 25.0 Å². The van der Waals surface area contributed by atoms with Crippen LogP contribution in [0, 0.1) is 6.92 Å². The highest BCUT2D eigenvalue weighted by Gasteiger charge is 2.09. The fourth-order valence-electron chi connectivity index (χ4n) is 3.22. The zero-order valence-electron chi connectivity index (χ0n) is 18.0. The van der Waals surface area contributed by atoms with Crippen molar-refractivity contribution in [1.29, 1.82) is 0 Å². The van der Waals surface area contributed by atoms with Gasteiger partial charge < -0.3 is 14.5 Å². The Morgan fingerprint density at radius 1 is 1.06 bits per heavy atom. The lowest BCUT2D eigenvalue weighted by molar-refractivity contribution is 0.272. The highest BCUT2D eigenvalue weighted by Crippen LogP contribution is 2.28. The first-order valence-corrected chi connectivity index (χ1v) is 10.5. The zero-order chi connectivity index (χ0) is 21.6. The van der Waals surface area contributed by atoms with Gasteiger partial charge in [0.1, 0.15) is 5.52 Å². The van der Waals surface area contributed by atoms with Gasteiger partial charge in [-0.3, -0.25) is 0 Å². The number of hydrogen-bond acceptors (Lipinski definition) is 7. The number of ether oxygens (including phenoxy) is 2. The number of hydrazone groups is 1. The molecule has 0 amide bonds. The summed E-state index contributed by atoms with van der Waals surface area (Å²) in [4.78, 5) is 7.74. The van der Waals surface area contributed by atoms with Crippen LogP contribution in [0.5, 0.6) is 11.5 Å². The van der Waals surface area contributed by atoms with Crippen molar-refractivity contribution in [3.05, 3.63) is 47.5 Å². The highest BCUT2D eigenvalue weighted by molar-refractivity contribution is 6.03. The fourth-order valence-corrected chi connectivity index (χ4v) is 3.22. The number of nitrogens with zero attached hydrogens (tertiary/aromatic N) is 4. The SMILES string of the molecule is CCCCOc1ccc(/C=N/Nc2nnc3c(n2)[nH]c2ccc(C)cc23)cc1OCC. The second-order valence-corrected chi connectivity index (χ2v) is 7.22. The number of aromatic amines is 1. The van der Waals surface area contributed by atoms with Gasteiger partial charge in [-0.15, -0.1) is 10.2 Å². The maximum Gasteiger partial charge on any atom is 0.265 e. The average Bonchev–Trinajstić information content (AvgIpc) is 3.12. The molecule has 2 aromatic carbocycles. The minimum Gasteiger partial charge on any atom is -0.490 e. The van der Waals surface area contributed by atoms with Crippen molar-refractivity contribution >= 4 is 34.2 Å². The Labute approximate surface area is 180 Å². The largest absolute Gasteiger partial charge is 0.490 e. The van der Waals surface area contributed by atoms with Crippen LogP contribution in [0.25, 0.3) is 22.1 Å².